The maximum absolute atomic E-state index is 12.6. The topological polar surface area (TPSA) is 67.9 Å². The standard InChI is InChI=1S/C19H15F3N2O4/c20-19(21,22)12-1-3-13(4-2-12)23-18(26)11-7-17(25)24(9-11)14-5-6-15-16(8-14)28-10-27-15/h1-6,8,11H,7,9-10H2,(H,23,26). The molecule has 146 valence electrons. The zero-order chi connectivity index (χ0) is 19.9. The predicted octanol–water partition coefficient (Wildman–Crippen LogP) is 3.43. The molecule has 0 aliphatic carbocycles. The maximum atomic E-state index is 12.6. The Hall–Kier alpha value is -3.23. The molecule has 1 saturated heterocycles. The largest absolute Gasteiger partial charge is 0.454 e. The summed E-state index contributed by atoms with van der Waals surface area (Å²) in [6.45, 7) is 0.288. The number of carbonyl (C=O) groups excluding carboxylic acids is 2. The number of nitrogens with one attached hydrogen (secondary N) is 1. The monoisotopic (exact) mass is 392 g/mol. The van der Waals surface area contributed by atoms with Crippen molar-refractivity contribution in [2.75, 3.05) is 23.6 Å². The van der Waals surface area contributed by atoms with E-state index in [-0.39, 0.29) is 31.4 Å². The molecule has 2 aliphatic heterocycles. The molecule has 4 rings (SSSR count). The van der Waals surface area contributed by atoms with E-state index in [2.05, 4.69) is 5.32 Å². The molecule has 1 atom stereocenters. The number of amides is 2. The summed E-state index contributed by atoms with van der Waals surface area (Å²) in [6, 6.07) is 9.25. The zero-order valence-corrected chi connectivity index (χ0v) is 14.5. The lowest BCUT2D eigenvalue weighted by Gasteiger charge is -2.17. The van der Waals surface area contributed by atoms with Crippen LogP contribution >= 0.6 is 0 Å². The molecule has 2 aromatic carbocycles. The number of benzene rings is 2. The van der Waals surface area contributed by atoms with Gasteiger partial charge in [0.15, 0.2) is 11.5 Å². The first-order valence-corrected chi connectivity index (χ1v) is 8.49. The van der Waals surface area contributed by atoms with E-state index in [0.29, 0.717) is 17.2 Å². The average molecular weight is 392 g/mol. The Kier molecular flexibility index (Phi) is 4.37. The van der Waals surface area contributed by atoms with E-state index in [1.807, 2.05) is 0 Å². The van der Waals surface area contributed by atoms with E-state index in [9.17, 15) is 22.8 Å². The molecule has 0 saturated carbocycles. The second kappa shape index (κ2) is 6.74. The number of anilines is 2. The van der Waals surface area contributed by atoms with Gasteiger partial charge >= 0.3 is 6.18 Å². The van der Waals surface area contributed by atoms with Crippen molar-refractivity contribution in [2.24, 2.45) is 5.92 Å². The Morgan fingerprint density at radius 2 is 1.79 bits per heavy atom. The second-order valence-corrected chi connectivity index (χ2v) is 6.51. The summed E-state index contributed by atoms with van der Waals surface area (Å²) in [5, 5.41) is 2.57. The second-order valence-electron chi connectivity index (χ2n) is 6.51. The summed E-state index contributed by atoms with van der Waals surface area (Å²) >= 11 is 0. The molecule has 1 fully saturated rings. The molecule has 0 spiro atoms. The van der Waals surface area contributed by atoms with Gasteiger partial charge in [-0.15, -0.1) is 0 Å². The zero-order valence-electron chi connectivity index (χ0n) is 14.5. The predicted molar refractivity (Wildman–Crippen MR) is 93.1 cm³/mol. The van der Waals surface area contributed by atoms with Crippen LogP contribution < -0.4 is 19.7 Å². The fourth-order valence-electron chi connectivity index (χ4n) is 3.17. The van der Waals surface area contributed by atoms with Crippen molar-refractivity contribution in [2.45, 2.75) is 12.6 Å². The lowest BCUT2D eigenvalue weighted by molar-refractivity contribution is -0.137. The lowest BCUT2D eigenvalue weighted by Crippen LogP contribution is -2.28. The van der Waals surface area contributed by atoms with Crippen LogP contribution in [-0.2, 0) is 15.8 Å². The Morgan fingerprint density at radius 3 is 2.50 bits per heavy atom. The molecule has 0 aromatic heterocycles. The van der Waals surface area contributed by atoms with E-state index in [1.165, 1.54) is 17.0 Å². The number of alkyl halides is 3. The van der Waals surface area contributed by atoms with Crippen LogP contribution in [0.2, 0.25) is 0 Å². The summed E-state index contributed by atoms with van der Waals surface area (Å²) in [5.74, 6) is -0.127. The third-order valence-corrected chi connectivity index (χ3v) is 4.64. The molecule has 28 heavy (non-hydrogen) atoms. The smallest absolute Gasteiger partial charge is 0.416 e. The van der Waals surface area contributed by atoms with Gasteiger partial charge in [0.05, 0.1) is 11.5 Å². The first-order valence-electron chi connectivity index (χ1n) is 8.49. The van der Waals surface area contributed by atoms with Gasteiger partial charge in [-0.1, -0.05) is 0 Å². The van der Waals surface area contributed by atoms with Gasteiger partial charge in [-0.2, -0.15) is 13.2 Å². The van der Waals surface area contributed by atoms with Crippen LogP contribution in [-0.4, -0.2) is 25.2 Å². The van der Waals surface area contributed by atoms with Crippen LogP contribution in [0.15, 0.2) is 42.5 Å². The van der Waals surface area contributed by atoms with Crippen LogP contribution in [0.5, 0.6) is 11.5 Å². The van der Waals surface area contributed by atoms with Crippen molar-refractivity contribution in [3.05, 3.63) is 48.0 Å². The van der Waals surface area contributed by atoms with E-state index < -0.39 is 23.6 Å². The SMILES string of the molecule is O=C(Nc1ccc(C(F)(F)F)cc1)C1CC(=O)N(c2ccc3c(c2)OCO3)C1. The third-order valence-electron chi connectivity index (χ3n) is 4.64. The number of rotatable bonds is 3. The number of ether oxygens (including phenoxy) is 2. The van der Waals surface area contributed by atoms with Crippen molar-refractivity contribution >= 4 is 23.2 Å². The van der Waals surface area contributed by atoms with Gasteiger partial charge in [-0.05, 0) is 36.4 Å². The minimum Gasteiger partial charge on any atom is -0.454 e. The normalized spacial score (nSPS) is 18.5. The van der Waals surface area contributed by atoms with Crippen LogP contribution in [0.1, 0.15) is 12.0 Å². The highest BCUT2D eigenvalue weighted by Gasteiger charge is 2.36. The van der Waals surface area contributed by atoms with Crippen molar-refractivity contribution in [1.82, 2.24) is 0 Å². The Labute approximate surface area is 157 Å². The number of halogens is 3. The summed E-state index contributed by atoms with van der Waals surface area (Å²) < 4.78 is 48.4. The van der Waals surface area contributed by atoms with E-state index in [4.69, 9.17) is 9.47 Å². The number of carbonyl (C=O) groups is 2. The quantitative estimate of drug-likeness (QED) is 0.869. The van der Waals surface area contributed by atoms with Crippen molar-refractivity contribution in [3.8, 4) is 11.5 Å². The summed E-state index contributed by atoms with van der Waals surface area (Å²) in [4.78, 5) is 26.3. The van der Waals surface area contributed by atoms with Crippen LogP contribution in [0.3, 0.4) is 0 Å². The Balaban J connectivity index is 1.43. The van der Waals surface area contributed by atoms with Crippen molar-refractivity contribution in [1.29, 1.82) is 0 Å². The van der Waals surface area contributed by atoms with Gasteiger partial charge in [0, 0.05) is 30.4 Å². The van der Waals surface area contributed by atoms with Crippen LogP contribution in [0.4, 0.5) is 24.5 Å². The molecule has 1 unspecified atom stereocenters. The lowest BCUT2D eigenvalue weighted by atomic mass is 10.1. The first kappa shape index (κ1) is 18.1. The minimum absolute atomic E-state index is 0.0148. The number of nitrogens with zero attached hydrogens (tertiary/aromatic N) is 1. The number of hydrogen-bond acceptors (Lipinski definition) is 4. The summed E-state index contributed by atoms with van der Waals surface area (Å²) in [5.41, 5.74) is 0.0431. The molecule has 2 amide bonds. The first-order chi connectivity index (χ1) is 13.3. The molecule has 2 aliphatic rings. The highest BCUT2D eigenvalue weighted by atomic mass is 19.4. The average Bonchev–Trinajstić information content (AvgIpc) is 3.27. The van der Waals surface area contributed by atoms with Crippen LogP contribution in [0, 0.1) is 5.92 Å². The molecule has 9 heteroatoms. The molecular formula is C19H15F3N2O4. The molecule has 1 N–H and O–H groups in total. The number of fused-ring (bicyclic) bond motifs is 1. The van der Waals surface area contributed by atoms with Crippen LogP contribution in [0.25, 0.3) is 0 Å². The number of hydrogen-bond donors (Lipinski definition) is 1. The van der Waals surface area contributed by atoms with Gasteiger partial charge in [-0.3, -0.25) is 9.59 Å². The fourth-order valence-corrected chi connectivity index (χ4v) is 3.17. The fraction of sp³-hybridized carbons (Fsp3) is 0.263. The molecule has 0 bridgehead atoms. The van der Waals surface area contributed by atoms with Gasteiger partial charge in [0.2, 0.25) is 18.6 Å². The molecule has 6 nitrogen and oxygen atoms in total. The molecule has 0 radical (unpaired) electrons. The summed E-state index contributed by atoms with van der Waals surface area (Å²) in [6.07, 6.45) is -4.42. The van der Waals surface area contributed by atoms with Gasteiger partial charge in [0.25, 0.3) is 0 Å². The molecular weight excluding hydrogens is 377 g/mol. The molecule has 2 heterocycles. The van der Waals surface area contributed by atoms with Gasteiger partial charge in [-0.25, -0.2) is 0 Å². The summed E-state index contributed by atoms with van der Waals surface area (Å²) in [7, 11) is 0. The van der Waals surface area contributed by atoms with Gasteiger partial charge < -0.3 is 19.7 Å². The maximum Gasteiger partial charge on any atom is 0.416 e. The van der Waals surface area contributed by atoms with Gasteiger partial charge in [0.1, 0.15) is 0 Å². The Bertz CT molecular complexity index is 928. The van der Waals surface area contributed by atoms with E-state index in [1.54, 1.807) is 18.2 Å². The van der Waals surface area contributed by atoms with Crippen molar-refractivity contribution in [3.63, 3.8) is 0 Å². The third kappa shape index (κ3) is 3.47. The Morgan fingerprint density at radius 1 is 1.07 bits per heavy atom. The minimum atomic E-state index is -4.44. The van der Waals surface area contributed by atoms with E-state index in [0.717, 1.165) is 12.1 Å². The highest BCUT2D eigenvalue weighted by Crippen LogP contribution is 2.37. The van der Waals surface area contributed by atoms with E-state index >= 15 is 0 Å². The molecule has 2 aromatic rings. The van der Waals surface area contributed by atoms with Crippen molar-refractivity contribution < 1.29 is 32.2 Å². The highest BCUT2D eigenvalue weighted by molar-refractivity contribution is 6.03.